The third-order valence-corrected chi connectivity index (χ3v) is 3.62. The smallest absolute Gasteiger partial charge is 0.0975 e. The molecule has 0 aliphatic heterocycles. The van der Waals surface area contributed by atoms with Crippen molar-refractivity contribution < 1.29 is 0 Å². The summed E-state index contributed by atoms with van der Waals surface area (Å²) in [6, 6.07) is 8.07. The molecule has 0 aliphatic carbocycles. The molecule has 2 aromatic heterocycles. The standard InChI is InChI=1S/C12H15N3S/c1-8-6-7-16-12(8)11(15-13)10-5-3-4-9(2)14-10/h3-7,11,15H,13H2,1-2H3. The maximum atomic E-state index is 5.63. The zero-order chi connectivity index (χ0) is 11.5. The quantitative estimate of drug-likeness (QED) is 0.632. The van der Waals surface area contributed by atoms with Gasteiger partial charge >= 0.3 is 0 Å². The van der Waals surface area contributed by atoms with Gasteiger partial charge in [-0.3, -0.25) is 10.8 Å². The Hall–Kier alpha value is -1.23. The molecule has 0 aromatic carbocycles. The first-order valence-electron chi connectivity index (χ1n) is 5.16. The summed E-state index contributed by atoms with van der Waals surface area (Å²) < 4.78 is 0. The van der Waals surface area contributed by atoms with Crippen LogP contribution in [-0.4, -0.2) is 4.98 Å². The molecule has 84 valence electrons. The Morgan fingerprint density at radius 2 is 2.12 bits per heavy atom. The van der Waals surface area contributed by atoms with Crippen LogP contribution >= 0.6 is 11.3 Å². The minimum atomic E-state index is -0.0140. The second kappa shape index (κ2) is 4.74. The lowest BCUT2D eigenvalue weighted by Crippen LogP contribution is -2.29. The van der Waals surface area contributed by atoms with E-state index in [1.807, 2.05) is 25.1 Å². The Balaban J connectivity index is 2.40. The number of rotatable bonds is 3. The van der Waals surface area contributed by atoms with E-state index in [-0.39, 0.29) is 6.04 Å². The molecular weight excluding hydrogens is 218 g/mol. The number of hydrazine groups is 1. The minimum Gasteiger partial charge on any atom is -0.270 e. The Bertz CT molecular complexity index is 479. The zero-order valence-electron chi connectivity index (χ0n) is 9.40. The van der Waals surface area contributed by atoms with Crippen LogP contribution in [0.4, 0.5) is 0 Å². The largest absolute Gasteiger partial charge is 0.270 e. The zero-order valence-corrected chi connectivity index (χ0v) is 10.2. The highest BCUT2D eigenvalue weighted by Gasteiger charge is 2.16. The van der Waals surface area contributed by atoms with Crippen molar-refractivity contribution in [2.75, 3.05) is 0 Å². The van der Waals surface area contributed by atoms with Crippen molar-refractivity contribution in [3.8, 4) is 0 Å². The van der Waals surface area contributed by atoms with Gasteiger partial charge in [0.05, 0.1) is 11.7 Å². The van der Waals surface area contributed by atoms with E-state index in [4.69, 9.17) is 5.84 Å². The molecule has 2 heterocycles. The fraction of sp³-hybridized carbons (Fsp3) is 0.250. The summed E-state index contributed by atoms with van der Waals surface area (Å²) in [7, 11) is 0. The van der Waals surface area contributed by atoms with Crippen LogP contribution < -0.4 is 11.3 Å². The number of hydrogen-bond donors (Lipinski definition) is 2. The second-order valence-corrected chi connectivity index (χ2v) is 4.72. The first-order chi connectivity index (χ1) is 7.72. The molecule has 0 saturated heterocycles. The first kappa shape index (κ1) is 11.3. The van der Waals surface area contributed by atoms with Gasteiger partial charge in [-0.1, -0.05) is 6.07 Å². The van der Waals surface area contributed by atoms with Crippen molar-refractivity contribution in [1.29, 1.82) is 0 Å². The first-order valence-corrected chi connectivity index (χ1v) is 6.04. The lowest BCUT2D eigenvalue weighted by atomic mass is 10.1. The molecule has 3 N–H and O–H groups in total. The van der Waals surface area contributed by atoms with Crippen LogP contribution in [0.1, 0.15) is 27.9 Å². The molecule has 0 spiro atoms. The van der Waals surface area contributed by atoms with E-state index < -0.39 is 0 Å². The molecule has 0 aliphatic rings. The minimum absolute atomic E-state index is 0.0140. The highest BCUT2D eigenvalue weighted by molar-refractivity contribution is 7.10. The number of hydrogen-bond acceptors (Lipinski definition) is 4. The monoisotopic (exact) mass is 233 g/mol. The average molecular weight is 233 g/mol. The van der Waals surface area contributed by atoms with Crippen molar-refractivity contribution in [3.63, 3.8) is 0 Å². The summed E-state index contributed by atoms with van der Waals surface area (Å²) in [6.07, 6.45) is 0. The van der Waals surface area contributed by atoms with Crippen LogP contribution in [0.15, 0.2) is 29.6 Å². The van der Waals surface area contributed by atoms with Crippen molar-refractivity contribution in [3.05, 3.63) is 51.5 Å². The van der Waals surface area contributed by atoms with Crippen molar-refractivity contribution in [2.24, 2.45) is 5.84 Å². The Morgan fingerprint density at radius 3 is 2.69 bits per heavy atom. The highest BCUT2D eigenvalue weighted by atomic mass is 32.1. The van der Waals surface area contributed by atoms with Gasteiger partial charge in [-0.05, 0) is 43.0 Å². The number of aryl methyl sites for hydroxylation is 2. The van der Waals surface area contributed by atoms with Gasteiger partial charge in [0, 0.05) is 10.6 Å². The topological polar surface area (TPSA) is 50.9 Å². The van der Waals surface area contributed by atoms with Crippen molar-refractivity contribution in [2.45, 2.75) is 19.9 Å². The van der Waals surface area contributed by atoms with E-state index >= 15 is 0 Å². The number of pyridine rings is 1. The third-order valence-electron chi connectivity index (χ3n) is 2.54. The maximum absolute atomic E-state index is 5.63. The van der Waals surface area contributed by atoms with Crippen LogP contribution in [0, 0.1) is 13.8 Å². The molecule has 0 radical (unpaired) electrons. The van der Waals surface area contributed by atoms with E-state index in [9.17, 15) is 0 Å². The summed E-state index contributed by atoms with van der Waals surface area (Å²) in [4.78, 5) is 5.73. The molecule has 16 heavy (non-hydrogen) atoms. The van der Waals surface area contributed by atoms with Gasteiger partial charge in [0.2, 0.25) is 0 Å². The van der Waals surface area contributed by atoms with Crippen LogP contribution in [0.5, 0.6) is 0 Å². The fourth-order valence-corrected chi connectivity index (χ4v) is 2.70. The molecule has 3 nitrogen and oxygen atoms in total. The molecule has 0 amide bonds. The van der Waals surface area contributed by atoms with Gasteiger partial charge in [-0.2, -0.15) is 0 Å². The Labute approximate surface area is 99.3 Å². The van der Waals surface area contributed by atoms with Crippen molar-refractivity contribution >= 4 is 11.3 Å². The van der Waals surface area contributed by atoms with Gasteiger partial charge in [0.25, 0.3) is 0 Å². The van der Waals surface area contributed by atoms with Crippen LogP contribution in [0.25, 0.3) is 0 Å². The van der Waals surface area contributed by atoms with Crippen LogP contribution in [-0.2, 0) is 0 Å². The number of nitrogens with one attached hydrogen (secondary N) is 1. The van der Waals surface area contributed by atoms with Gasteiger partial charge in [0.15, 0.2) is 0 Å². The summed E-state index contributed by atoms with van der Waals surface area (Å²) in [5.41, 5.74) is 6.06. The van der Waals surface area contributed by atoms with E-state index in [0.29, 0.717) is 0 Å². The van der Waals surface area contributed by atoms with Crippen molar-refractivity contribution in [1.82, 2.24) is 10.4 Å². The predicted octanol–water partition coefficient (Wildman–Crippen LogP) is 2.31. The lowest BCUT2D eigenvalue weighted by Gasteiger charge is -2.15. The molecule has 2 aromatic rings. The molecule has 4 heteroatoms. The summed E-state index contributed by atoms with van der Waals surface area (Å²) in [5, 5.41) is 2.07. The molecule has 2 rings (SSSR count). The average Bonchev–Trinajstić information content (AvgIpc) is 2.67. The molecule has 1 atom stereocenters. The lowest BCUT2D eigenvalue weighted by molar-refractivity contribution is 0.626. The molecule has 0 fully saturated rings. The Morgan fingerprint density at radius 1 is 1.31 bits per heavy atom. The van der Waals surface area contributed by atoms with E-state index in [0.717, 1.165) is 11.4 Å². The SMILES string of the molecule is Cc1cccc(C(NN)c2sccc2C)n1. The molecule has 0 bridgehead atoms. The molecule has 1 unspecified atom stereocenters. The summed E-state index contributed by atoms with van der Waals surface area (Å²) in [6.45, 7) is 4.07. The molecule has 0 saturated carbocycles. The fourth-order valence-electron chi connectivity index (χ4n) is 1.70. The van der Waals surface area contributed by atoms with Crippen LogP contribution in [0.2, 0.25) is 0 Å². The molecular formula is C12H15N3S. The van der Waals surface area contributed by atoms with E-state index in [1.54, 1.807) is 11.3 Å². The van der Waals surface area contributed by atoms with Gasteiger partial charge in [0.1, 0.15) is 0 Å². The van der Waals surface area contributed by atoms with Gasteiger partial charge in [-0.25, -0.2) is 5.43 Å². The number of nitrogens with two attached hydrogens (primary N) is 1. The van der Waals surface area contributed by atoms with Gasteiger partial charge in [-0.15, -0.1) is 11.3 Å². The highest BCUT2D eigenvalue weighted by Crippen LogP contribution is 2.27. The Kier molecular flexibility index (Phi) is 3.33. The van der Waals surface area contributed by atoms with Gasteiger partial charge < -0.3 is 0 Å². The maximum Gasteiger partial charge on any atom is 0.0975 e. The number of thiophene rings is 1. The second-order valence-electron chi connectivity index (χ2n) is 3.77. The number of aromatic nitrogens is 1. The summed E-state index contributed by atoms with van der Waals surface area (Å²) in [5.74, 6) is 5.63. The van der Waals surface area contributed by atoms with Crippen LogP contribution in [0.3, 0.4) is 0 Å². The van der Waals surface area contributed by atoms with E-state index in [1.165, 1.54) is 10.4 Å². The number of nitrogens with zero attached hydrogens (tertiary/aromatic N) is 1. The summed E-state index contributed by atoms with van der Waals surface area (Å²) >= 11 is 1.70. The third kappa shape index (κ3) is 2.14. The predicted molar refractivity (Wildman–Crippen MR) is 67.2 cm³/mol. The van der Waals surface area contributed by atoms with E-state index in [2.05, 4.69) is 28.8 Å². The normalized spacial score (nSPS) is 12.7.